The summed E-state index contributed by atoms with van der Waals surface area (Å²) < 4.78 is 6.93. The van der Waals surface area contributed by atoms with Crippen LogP contribution in [0, 0.1) is 0 Å². The van der Waals surface area contributed by atoms with E-state index in [0.29, 0.717) is 4.88 Å². The van der Waals surface area contributed by atoms with Crippen LogP contribution in [0.4, 0.5) is 0 Å². The lowest BCUT2D eigenvalue weighted by Crippen LogP contribution is -2.25. The summed E-state index contributed by atoms with van der Waals surface area (Å²) in [6.07, 6.45) is 0. The number of carbonyl (C=O) groups excluding carboxylic acids is 1. The average molecular weight is 321 g/mol. The molecule has 4 rings (SSSR count). The van der Waals surface area contributed by atoms with Gasteiger partial charge in [0.05, 0.1) is 10.9 Å². The van der Waals surface area contributed by atoms with E-state index >= 15 is 0 Å². The first-order chi connectivity index (χ1) is 11.2. The van der Waals surface area contributed by atoms with Gasteiger partial charge in [0.2, 0.25) is 0 Å². The smallest absolute Gasteiger partial charge is 0.261 e. The molecule has 0 aliphatic rings. The lowest BCUT2D eigenvalue weighted by molar-refractivity contribution is 0.0940. The third kappa shape index (κ3) is 2.62. The van der Waals surface area contributed by atoms with Crippen molar-refractivity contribution in [1.82, 2.24) is 5.32 Å². The predicted molar refractivity (Wildman–Crippen MR) is 93.9 cm³/mol. The standard InChI is InChI=1S/C19H15NO2S/c1-12(16-10-13-6-2-4-8-15(13)22-16)20-19(21)18-11-14-7-3-5-9-17(14)23-18/h2-12H,1H3,(H,20,21). The minimum atomic E-state index is -0.180. The molecular formula is C19H15NO2S. The monoisotopic (exact) mass is 321 g/mol. The maximum Gasteiger partial charge on any atom is 0.261 e. The fourth-order valence-electron chi connectivity index (χ4n) is 2.65. The van der Waals surface area contributed by atoms with Gasteiger partial charge in [0, 0.05) is 10.1 Å². The lowest BCUT2D eigenvalue weighted by Gasteiger charge is -2.10. The van der Waals surface area contributed by atoms with Gasteiger partial charge in [-0.3, -0.25) is 4.79 Å². The number of rotatable bonds is 3. The largest absolute Gasteiger partial charge is 0.459 e. The van der Waals surface area contributed by atoms with Crippen molar-refractivity contribution in [2.24, 2.45) is 0 Å². The Morgan fingerprint density at radius 3 is 2.57 bits per heavy atom. The van der Waals surface area contributed by atoms with Gasteiger partial charge in [-0.15, -0.1) is 11.3 Å². The Balaban J connectivity index is 1.57. The van der Waals surface area contributed by atoms with Gasteiger partial charge in [0.1, 0.15) is 11.3 Å². The van der Waals surface area contributed by atoms with Crippen molar-refractivity contribution in [3.63, 3.8) is 0 Å². The molecule has 1 atom stereocenters. The van der Waals surface area contributed by atoms with Gasteiger partial charge in [0.15, 0.2) is 0 Å². The fourth-order valence-corrected chi connectivity index (χ4v) is 3.61. The zero-order chi connectivity index (χ0) is 15.8. The van der Waals surface area contributed by atoms with Crippen molar-refractivity contribution in [3.8, 4) is 0 Å². The van der Waals surface area contributed by atoms with E-state index in [-0.39, 0.29) is 11.9 Å². The van der Waals surface area contributed by atoms with E-state index in [2.05, 4.69) is 5.32 Å². The third-order valence-electron chi connectivity index (χ3n) is 3.87. The molecule has 0 fully saturated rings. The number of nitrogens with one attached hydrogen (secondary N) is 1. The Kier molecular flexibility index (Phi) is 3.39. The normalized spacial score (nSPS) is 12.6. The Bertz CT molecular complexity index is 933. The SMILES string of the molecule is CC(NC(=O)c1cc2ccccc2s1)c1cc2ccccc2o1. The van der Waals surface area contributed by atoms with Crippen LogP contribution in [0.25, 0.3) is 21.1 Å². The molecule has 0 aliphatic carbocycles. The predicted octanol–water partition coefficient (Wildman–Crippen LogP) is 5.14. The topological polar surface area (TPSA) is 42.2 Å². The number of carbonyl (C=O) groups is 1. The molecule has 2 aromatic heterocycles. The van der Waals surface area contributed by atoms with E-state index in [0.717, 1.165) is 26.8 Å². The molecule has 4 aromatic rings. The van der Waals surface area contributed by atoms with Crippen LogP contribution < -0.4 is 5.32 Å². The van der Waals surface area contributed by atoms with Crippen molar-refractivity contribution < 1.29 is 9.21 Å². The summed E-state index contributed by atoms with van der Waals surface area (Å²) in [4.78, 5) is 13.2. The Hall–Kier alpha value is -2.59. The number of fused-ring (bicyclic) bond motifs is 2. The Labute approximate surface area is 137 Å². The first-order valence-electron chi connectivity index (χ1n) is 7.48. The van der Waals surface area contributed by atoms with E-state index in [1.807, 2.05) is 67.6 Å². The Morgan fingerprint density at radius 2 is 1.78 bits per heavy atom. The van der Waals surface area contributed by atoms with Crippen LogP contribution in [0.2, 0.25) is 0 Å². The molecule has 1 N–H and O–H groups in total. The zero-order valence-electron chi connectivity index (χ0n) is 12.6. The maximum atomic E-state index is 12.5. The van der Waals surface area contributed by atoms with Gasteiger partial charge in [-0.1, -0.05) is 36.4 Å². The highest BCUT2D eigenvalue weighted by molar-refractivity contribution is 7.20. The lowest BCUT2D eigenvalue weighted by atomic mass is 10.2. The van der Waals surface area contributed by atoms with E-state index in [9.17, 15) is 4.79 Å². The second kappa shape index (κ2) is 5.56. The average Bonchev–Trinajstić information content (AvgIpc) is 3.18. The van der Waals surface area contributed by atoms with Crippen LogP contribution in [0.1, 0.15) is 28.4 Å². The summed E-state index contributed by atoms with van der Waals surface area (Å²) in [5.41, 5.74) is 0.838. The number of amides is 1. The second-order valence-corrected chi connectivity index (χ2v) is 6.61. The molecule has 0 spiro atoms. The molecule has 1 unspecified atom stereocenters. The van der Waals surface area contributed by atoms with Crippen molar-refractivity contribution in [1.29, 1.82) is 0 Å². The molecule has 1 amide bonds. The highest BCUT2D eigenvalue weighted by atomic mass is 32.1. The van der Waals surface area contributed by atoms with Gasteiger partial charge in [-0.05, 0) is 36.6 Å². The zero-order valence-corrected chi connectivity index (χ0v) is 13.4. The van der Waals surface area contributed by atoms with Crippen LogP contribution in [-0.4, -0.2) is 5.91 Å². The van der Waals surface area contributed by atoms with Crippen LogP contribution in [0.3, 0.4) is 0 Å². The van der Waals surface area contributed by atoms with Crippen molar-refractivity contribution >= 4 is 38.3 Å². The quantitative estimate of drug-likeness (QED) is 0.568. The minimum Gasteiger partial charge on any atom is -0.459 e. The molecule has 0 saturated heterocycles. The third-order valence-corrected chi connectivity index (χ3v) is 4.98. The van der Waals surface area contributed by atoms with Gasteiger partial charge < -0.3 is 9.73 Å². The fraction of sp³-hybridized carbons (Fsp3) is 0.105. The molecule has 0 aliphatic heterocycles. The van der Waals surface area contributed by atoms with Crippen LogP contribution in [0.5, 0.6) is 0 Å². The van der Waals surface area contributed by atoms with Gasteiger partial charge in [0.25, 0.3) is 5.91 Å². The number of thiophene rings is 1. The minimum absolute atomic E-state index is 0.0702. The number of benzene rings is 2. The molecule has 0 bridgehead atoms. The van der Waals surface area contributed by atoms with E-state index in [1.165, 1.54) is 11.3 Å². The van der Waals surface area contributed by atoms with Gasteiger partial charge in [-0.2, -0.15) is 0 Å². The molecule has 0 radical (unpaired) electrons. The van der Waals surface area contributed by atoms with Crippen molar-refractivity contribution in [2.45, 2.75) is 13.0 Å². The van der Waals surface area contributed by atoms with Crippen LogP contribution in [-0.2, 0) is 0 Å². The van der Waals surface area contributed by atoms with Crippen molar-refractivity contribution in [3.05, 3.63) is 71.3 Å². The maximum absolute atomic E-state index is 12.5. The molecule has 2 aromatic carbocycles. The summed E-state index contributed by atoms with van der Waals surface area (Å²) >= 11 is 1.50. The summed E-state index contributed by atoms with van der Waals surface area (Å²) in [6, 6.07) is 19.6. The van der Waals surface area contributed by atoms with Crippen molar-refractivity contribution in [2.75, 3.05) is 0 Å². The first-order valence-corrected chi connectivity index (χ1v) is 8.30. The molecular weight excluding hydrogens is 306 g/mol. The van der Waals surface area contributed by atoms with Crippen LogP contribution >= 0.6 is 11.3 Å². The molecule has 23 heavy (non-hydrogen) atoms. The number of hydrogen-bond acceptors (Lipinski definition) is 3. The summed E-state index contributed by atoms with van der Waals surface area (Å²) in [7, 11) is 0. The number of para-hydroxylation sites is 1. The first kappa shape index (κ1) is 14.0. The summed E-state index contributed by atoms with van der Waals surface area (Å²) in [5.74, 6) is 0.694. The van der Waals surface area contributed by atoms with E-state index in [4.69, 9.17) is 4.42 Å². The van der Waals surface area contributed by atoms with Gasteiger partial charge >= 0.3 is 0 Å². The summed E-state index contributed by atoms with van der Waals surface area (Å²) in [5, 5.41) is 5.16. The highest BCUT2D eigenvalue weighted by Gasteiger charge is 2.16. The van der Waals surface area contributed by atoms with Gasteiger partial charge in [-0.25, -0.2) is 0 Å². The summed E-state index contributed by atoms with van der Waals surface area (Å²) in [6.45, 7) is 1.93. The molecule has 0 saturated carbocycles. The highest BCUT2D eigenvalue weighted by Crippen LogP contribution is 2.27. The van der Waals surface area contributed by atoms with Crippen LogP contribution in [0.15, 0.2) is 65.1 Å². The molecule has 3 nitrogen and oxygen atoms in total. The van der Waals surface area contributed by atoms with E-state index < -0.39 is 0 Å². The number of hydrogen-bond donors (Lipinski definition) is 1. The second-order valence-electron chi connectivity index (χ2n) is 5.53. The molecule has 114 valence electrons. The van der Waals surface area contributed by atoms with E-state index in [1.54, 1.807) is 0 Å². The molecule has 4 heteroatoms. The molecule has 2 heterocycles. The number of furan rings is 1. The Morgan fingerprint density at radius 1 is 1.04 bits per heavy atom.